The highest BCUT2D eigenvalue weighted by atomic mass is 35.5. The lowest BCUT2D eigenvalue weighted by Crippen LogP contribution is -2.52. The van der Waals surface area contributed by atoms with Gasteiger partial charge < -0.3 is 5.32 Å². The van der Waals surface area contributed by atoms with Crippen molar-refractivity contribution in [3.05, 3.63) is 0 Å². The largest absolute Gasteiger partial charge is 0.312 e. The van der Waals surface area contributed by atoms with Crippen molar-refractivity contribution in [3.8, 4) is 0 Å². The first kappa shape index (κ1) is 16.2. The van der Waals surface area contributed by atoms with Crippen LogP contribution in [0.1, 0.15) is 47.0 Å². The third-order valence-corrected chi connectivity index (χ3v) is 4.26. The second-order valence-electron chi connectivity index (χ2n) is 5.15. The summed E-state index contributed by atoms with van der Waals surface area (Å²) in [5.74, 6) is 0. The van der Waals surface area contributed by atoms with Crippen LogP contribution in [-0.4, -0.2) is 37.1 Å². The van der Waals surface area contributed by atoms with Gasteiger partial charge in [-0.15, -0.1) is 12.4 Å². The highest BCUT2D eigenvalue weighted by molar-refractivity contribution is 5.85. The number of halogens is 1. The zero-order valence-corrected chi connectivity index (χ0v) is 12.2. The third-order valence-electron chi connectivity index (χ3n) is 4.26. The average Bonchev–Trinajstić information content (AvgIpc) is 2.26. The zero-order chi connectivity index (χ0) is 11.3. The van der Waals surface area contributed by atoms with Crippen LogP contribution in [0.3, 0.4) is 0 Å². The van der Waals surface area contributed by atoms with Crippen molar-refractivity contribution in [3.63, 3.8) is 0 Å². The normalized spacial score (nSPS) is 22.9. The lowest BCUT2D eigenvalue weighted by Gasteiger charge is -2.40. The molecule has 1 heterocycles. The Morgan fingerprint density at radius 1 is 1.19 bits per heavy atom. The fourth-order valence-corrected chi connectivity index (χ4v) is 2.72. The molecule has 1 aliphatic rings. The molecule has 3 heteroatoms. The Morgan fingerprint density at radius 3 is 2.19 bits per heavy atom. The summed E-state index contributed by atoms with van der Waals surface area (Å²) in [5, 5.41) is 3.51. The third kappa shape index (κ3) is 4.23. The van der Waals surface area contributed by atoms with Gasteiger partial charge in [0.05, 0.1) is 0 Å². The lowest BCUT2D eigenvalue weighted by molar-refractivity contribution is 0.108. The SMILES string of the molecule is CCC(CC)(CC)CN1CCNC(C)C1.Cl. The number of hydrogen-bond donors (Lipinski definition) is 1. The zero-order valence-electron chi connectivity index (χ0n) is 11.4. The Balaban J connectivity index is 0.00000225. The predicted molar refractivity (Wildman–Crippen MR) is 74.5 cm³/mol. The van der Waals surface area contributed by atoms with Crippen LogP contribution >= 0.6 is 12.4 Å². The minimum atomic E-state index is 0. The van der Waals surface area contributed by atoms with Crippen LogP contribution in [0.15, 0.2) is 0 Å². The summed E-state index contributed by atoms with van der Waals surface area (Å²) in [5.41, 5.74) is 0.567. The second kappa shape index (κ2) is 7.52. The molecule has 1 saturated heterocycles. The van der Waals surface area contributed by atoms with E-state index in [9.17, 15) is 0 Å². The van der Waals surface area contributed by atoms with Gasteiger partial charge in [0.1, 0.15) is 0 Å². The molecule has 0 saturated carbocycles. The lowest BCUT2D eigenvalue weighted by atomic mass is 9.79. The van der Waals surface area contributed by atoms with E-state index < -0.39 is 0 Å². The van der Waals surface area contributed by atoms with Crippen LogP contribution in [0.5, 0.6) is 0 Å². The summed E-state index contributed by atoms with van der Waals surface area (Å²) in [4.78, 5) is 2.65. The van der Waals surface area contributed by atoms with Crippen molar-refractivity contribution in [2.24, 2.45) is 5.41 Å². The molecule has 0 spiro atoms. The minimum absolute atomic E-state index is 0. The predicted octanol–water partition coefficient (Wildman–Crippen LogP) is 2.92. The Kier molecular flexibility index (Phi) is 7.62. The molecule has 0 aromatic rings. The fraction of sp³-hybridized carbons (Fsp3) is 1.00. The van der Waals surface area contributed by atoms with Gasteiger partial charge in [-0.2, -0.15) is 0 Å². The van der Waals surface area contributed by atoms with E-state index in [0.717, 1.165) is 6.54 Å². The first-order valence-corrected chi connectivity index (χ1v) is 6.61. The number of piperazine rings is 1. The van der Waals surface area contributed by atoms with Crippen LogP contribution in [0.2, 0.25) is 0 Å². The molecule has 0 aromatic carbocycles. The summed E-state index contributed by atoms with van der Waals surface area (Å²) in [7, 11) is 0. The molecule has 0 amide bonds. The van der Waals surface area contributed by atoms with Gasteiger partial charge in [-0.05, 0) is 31.6 Å². The van der Waals surface area contributed by atoms with Crippen molar-refractivity contribution in [2.75, 3.05) is 26.2 Å². The highest BCUT2D eigenvalue weighted by Crippen LogP contribution is 2.31. The molecular weight excluding hydrogens is 220 g/mol. The van der Waals surface area contributed by atoms with E-state index in [4.69, 9.17) is 0 Å². The van der Waals surface area contributed by atoms with E-state index in [2.05, 4.69) is 37.9 Å². The molecule has 0 bridgehead atoms. The van der Waals surface area contributed by atoms with Gasteiger partial charge in [-0.1, -0.05) is 20.8 Å². The topological polar surface area (TPSA) is 15.3 Å². The molecule has 1 atom stereocenters. The monoisotopic (exact) mass is 248 g/mol. The standard InChI is InChI=1S/C13H28N2.ClH/c1-5-13(6-2,7-3)11-15-9-8-14-12(4)10-15;/h12,14H,5-11H2,1-4H3;1H. The van der Waals surface area contributed by atoms with Crippen molar-refractivity contribution < 1.29 is 0 Å². The van der Waals surface area contributed by atoms with Crippen LogP contribution in [-0.2, 0) is 0 Å². The molecule has 1 unspecified atom stereocenters. The molecule has 1 rings (SSSR count). The molecule has 1 aliphatic heterocycles. The number of rotatable bonds is 5. The van der Waals surface area contributed by atoms with Gasteiger partial charge in [0.15, 0.2) is 0 Å². The molecule has 0 aromatic heterocycles. The molecule has 0 radical (unpaired) electrons. The molecular formula is C13H29ClN2. The van der Waals surface area contributed by atoms with Crippen LogP contribution in [0, 0.1) is 5.41 Å². The smallest absolute Gasteiger partial charge is 0.0167 e. The number of nitrogens with zero attached hydrogens (tertiary/aromatic N) is 1. The Bertz CT molecular complexity index is 173. The molecule has 98 valence electrons. The van der Waals surface area contributed by atoms with E-state index in [1.807, 2.05) is 0 Å². The maximum Gasteiger partial charge on any atom is 0.0167 e. The summed E-state index contributed by atoms with van der Waals surface area (Å²) >= 11 is 0. The molecule has 1 fully saturated rings. The summed E-state index contributed by atoms with van der Waals surface area (Å²) < 4.78 is 0. The van der Waals surface area contributed by atoms with E-state index in [-0.39, 0.29) is 12.4 Å². The molecule has 16 heavy (non-hydrogen) atoms. The maximum absolute atomic E-state index is 3.51. The van der Waals surface area contributed by atoms with Gasteiger partial charge >= 0.3 is 0 Å². The first-order chi connectivity index (χ1) is 7.15. The Morgan fingerprint density at radius 2 is 1.75 bits per heavy atom. The van der Waals surface area contributed by atoms with Crippen molar-refractivity contribution >= 4 is 12.4 Å². The Hall–Kier alpha value is 0.210. The molecule has 0 aliphatic carbocycles. The van der Waals surface area contributed by atoms with Crippen LogP contribution < -0.4 is 5.32 Å². The van der Waals surface area contributed by atoms with Gasteiger partial charge in [-0.25, -0.2) is 0 Å². The van der Waals surface area contributed by atoms with Crippen LogP contribution in [0.25, 0.3) is 0 Å². The maximum atomic E-state index is 3.51. The first-order valence-electron chi connectivity index (χ1n) is 6.61. The van der Waals surface area contributed by atoms with E-state index in [1.54, 1.807) is 0 Å². The van der Waals surface area contributed by atoms with Gasteiger partial charge in [-0.3, -0.25) is 4.90 Å². The van der Waals surface area contributed by atoms with Crippen molar-refractivity contribution in [2.45, 2.75) is 53.0 Å². The van der Waals surface area contributed by atoms with Gasteiger partial charge in [0.2, 0.25) is 0 Å². The number of hydrogen-bond acceptors (Lipinski definition) is 2. The second-order valence-corrected chi connectivity index (χ2v) is 5.15. The summed E-state index contributed by atoms with van der Waals surface area (Å²) in [6.45, 7) is 14.2. The van der Waals surface area contributed by atoms with Gasteiger partial charge in [0.25, 0.3) is 0 Å². The van der Waals surface area contributed by atoms with Crippen molar-refractivity contribution in [1.29, 1.82) is 0 Å². The summed E-state index contributed by atoms with van der Waals surface area (Å²) in [6.07, 6.45) is 3.95. The van der Waals surface area contributed by atoms with Gasteiger partial charge in [0, 0.05) is 32.2 Å². The van der Waals surface area contributed by atoms with E-state index in [1.165, 1.54) is 38.9 Å². The van der Waals surface area contributed by atoms with Crippen molar-refractivity contribution in [1.82, 2.24) is 10.2 Å². The Labute approximate surface area is 108 Å². The minimum Gasteiger partial charge on any atom is -0.312 e. The summed E-state index contributed by atoms with van der Waals surface area (Å²) in [6, 6.07) is 0.669. The molecule has 1 N–H and O–H groups in total. The van der Waals surface area contributed by atoms with Crippen LogP contribution in [0.4, 0.5) is 0 Å². The quantitative estimate of drug-likeness (QED) is 0.805. The molecule has 2 nitrogen and oxygen atoms in total. The van der Waals surface area contributed by atoms with E-state index >= 15 is 0 Å². The average molecular weight is 249 g/mol. The highest BCUT2D eigenvalue weighted by Gasteiger charge is 2.28. The van der Waals surface area contributed by atoms with E-state index in [0.29, 0.717) is 11.5 Å². The number of nitrogens with one attached hydrogen (secondary N) is 1. The fourth-order valence-electron chi connectivity index (χ4n) is 2.72.